The zero-order valence-corrected chi connectivity index (χ0v) is 24.9. The molecule has 0 spiro atoms. The first-order valence-corrected chi connectivity index (χ1v) is 14.3. The molecule has 0 bridgehead atoms. The third-order valence-corrected chi connectivity index (χ3v) is 6.99. The zero-order valence-electron chi connectivity index (χ0n) is 23.3. The summed E-state index contributed by atoms with van der Waals surface area (Å²) < 4.78 is 25.1. The quantitative estimate of drug-likeness (QED) is 0.161. The molecule has 1 N–H and O–H groups in total. The number of hydrogen-bond acceptors (Lipinski definition) is 6. The fraction of sp³-hybridized carbons (Fsp3) is 0.0909. The van der Waals surface area contributed by atoms with Crippen molar-refractivity contribution in [3.05, 3.63) is 118 Å². The van der Waals surface area contributed by atoms with Crippen molar-refractivity contribution in [1.29, 1.82) is 0 Å². The van der Waals surface area contributed by atoms with Crippen LogP contribution in [-0.4, -0.2) is 37.0 Å². The number of anilines is 3. The summed E-state index contributed by atoms with van der Waals surface area (Å²) in [5, 5.41) is 2.62. The normalized spacial score (nSPS) is 13.2. The van der Waals surface area contributed by atoms with Crippen LogP contribution in [0.3, 0.4) is 0 Å². The van der Waals surface area contributed by atoms with Gasteiger partial charge in [0.1, 0.15) is 11.4 Å². The van der Waals surface area contributed by atoms with Gasteiger partial charge in [-0.05, 0) is 95.2 Å². The van der Waals surface area contributed by atoms with E-state index in [2.05, 4.69) is 21.2 Å². The first-order chi connectivity index (χ1) is 21.3. The molecular weight excluding hydrogens is 633 g/mol. The van der Waals surface area contributed by atoms with E-state index in [1.165, 1.54) is 30.3 Å². The van der Waals surface area contributed by atoms with Crippen molar-refractivity contribution in [3.8, 4) is 11.5 Å². The van der Waals surface area contributed by atoms with Gasteiger partial charge >= 0.3 is 6.03 Å². The molecule has 5 rings (SSSR count). The molecule has 11 heteroatoms. The molecule has 1 fully saturated rings. The summed E-state index contributed by atoms with van der Waals surface area (Å²) in [7, 11) is 0. The number of hydrogen-bond donors (Lipinski definition) is 1. The maximum absolute atomic E-state index is 13.7. The van der Waals surface area contributed by atoms with Gasteiger partial charge in [0.05, 0.1) is 22.5 Å². The lowest BCUT2D eigenvalue weighted by Crippen LogP contribution is -2.57. The summed E-state index contributed by atoms with van der Waals surface area (Å²) in [6.45, 7) is 1.63. The summed E-state index contributed by atoms with van der Waals surface area (Å²) in [5.74, 6) is -2.02. The summed E-state index contributed by atoms with van der Waals surface area (Å²) >= 11 is 3.44. The fourth-order valence-corrected chi connectivity index (χ4v) is 5.02. The minimum atomic E-state index is -0.798. The minimum absolute atomic E-state index is 0.219. The number of carbonyl (C=O) groups excluding carboxylic acids is 4. The van der Waals surface area contributed by atoms with Gasteiger partial charge in [-0.1, -0.05) is 36.4 Å². The molecule has 44 heavy (non-hydrogen) atoms. The van der Waals surface area contributed by atoms with Crippen molar-refractivity contribution in [3.63, 3.8) is 0 Å². The van der Waals surface area contributed by atoms with E-state index in [1.54, 1.807) is 79.7 Å². The summed E-state index contributed by atoms with van der Waals surface area (Å²) in [6, 6.07) is 24.3. The third kappa shape index (κ3) is 6.52. The molecular formula is C33H25BrFN3O6. The van der Waals surface area contributed by atoms with E-state index in [0.29, 0.717) is 27.1 Å². The predicted molar refractivity (Wildman–Crippen MR) is 167 cm³/mol. The fourth-order valence-electron chi connectivity index (χ4n) is 4.45. The van der Waals surface area contributed by atoms with Crippen LogP contribution in [-0.2, 0) is 14.4 Å². The van der Waals surface area contributed by atoms with Gasteiger partial charge in [0.25, 0.3) is 17.7 Å². The summed E-state index contributed by atoms with van der Waals surface area (Å²) in [5.41, 5.74) is 1.16. The molecule has 1 heterocycles. The van der Waals surface area contributed by atoms with Gasteiger partial charge in [0, 0.05) is 5.69 Å². The molecule has 5 amide bonds. The molecule has 1 saturated heterocycles. The van der Waals surface area contributed by atoms with E-state index >= 15 is 0 Å². The van der Waals surface area contributed by atoms with E-state index in [1.807, 2.05) is 0 Å². The van der Waals surface area contributed by atoms with Crippen molar-refractivity contribution >= 4 is 62.8 Å². The third-order valence-electron chi connectivity index (χ3n) is 6.40. The molecule has 0 unspecified atom stereocenters. The first kappa shape index (κ1) is 30.2. The molecule has 4 aromatic carbocycles. The van der Waals surface area contributed by atoms with Crippen LogP contribution in [0.4, 0.5) is 26.2 Å². The first-order valence-electron chi connectivity index (χ1n) is 13.5. The van der Waals surface area contributed by atoms with Crippen molar-refractivity contribution in [2.75, 3.05) is 28.3 Å². The van der Waals surface area contributed by atoms with E-state index in [-0.39, 0.29) is 30.3 Å². The molecule has 1 aliphatic heterocycles. The Morgan fingerprint density at radius 3 is 1.95 bits per heavy atom. The van der Waals surface area contributed by atoms with E-state index in [4.69, 9.17) is 9.47 Å². The number of imide groups is 2. The monoisotopic (exact) mass is 657 g/mol. The van der Waals surface area contributed by atoms with Crippen molar-refractivity contribution in [1.82, 2.24) is 0 Å². The van der Waals surface area contributed by atoms with Gasteiger partial charge in [0.15, 0.2) is 18.1 Å². The van der Waals surface area contributed by atoms with Gasteiger partial charge in [0.2, 0.25) is 0 Å². The van der Waals surface area contributed by atoms with Crippen LogP contribution < -0.4 is 24.6 Å². The number of para-hydroxylation sites is 2. The Balaban J connectivity index is 1.47. The maximum Gasteiger partial charge on any atom is 0.343 e. The van der Waals surface area contributed by atoms with Crippen LogP contribution in [0.15, 0.2) is 107 Å². The number of urea groups is 1. The number of benzene rings is 4. The Morgan fingerprint density at radius 1 is 0.841 bits per heavy atom. The second-order valence-electron chi connectivity index (χ2n) is 9.40. The SMILES string of the molecule is CCOc1cc(C=C2C(=O)N(c3ccccc3)C(=O)N(c3ccccc3)C2=O)cc(Br)c1OCC(=O)Nc1ccc(F)cc1. The number of nitrogens with one attached hydrogen (secondary N) is 1. The van der Waals surface area contributed by atoms with Crippen LogP contribution in [0.25, 0.3) is 6.08 Å². The zero-order chi connectivity index (χ0) is 31.2. The predicted octanol–water partition coefficient (Wildman–Crippen LogP) is 6.59. The Hall–Kier alpha value is -5.29. The molecule has 0 saturated carbocycles. The summed E-state index contributed by atoms with van der Waals surface area (Å²) in [4.78, 5) is 55.3. The van der Waals surface area contributed by atoms with E-state index in [0.717, 1.165) is 9.80 Å². The topological polar surface area (TPSA) is 105 Å². The van der Waals surface area contributed by atoms with Gasteiger partial charge < -0.3 is 14.8 Å². The number of ether oxygens (including phenoxy) is 2. The molecule has 222 valence electrons. The number of amides is 5. The lowest BCUT2D eigenvalue weighted by Gasteiger charge is -2.34. The van der Waals surface area contributed by atoms with Crippen LogP contribution in [0.1, 0.15) is 12.5 Å². The van der Waals surface area contributed by atoms with Crippen molar-refractivity contribution in [2.45, 2.75) is 6.92 Å². The lowest BCUT2D eigenvalue weighted by molar-refractivity contribution is -0.121. The number of barbiturate groups is 1. The number of nitrogens with zero attached hydrogens (tertiary/aromatic N) is 2. The highest BCUT2D eigenvalue weighted by molar-refractivity contribution is 9.10. The molecule has 0 aliphatic carbocycles. The average molecular weight is 658 g/mol. The molecule has 9 nitrogen and oxygen atoms in total. The Morgan fingerprint density at radius 2 is 1.41 bits per heavy atom. The highest BCUT2D eigenvalue weighted by Gasteiger charge is 2.43. The maximum atomic E-state index is 13.7. The number of halogens is 2. The molecule has 0 atom stereocenters. The Labute approximate surface area is 260 Å². The molecule has 0 radical (unpaired) electrons. The second kappa shape index (κ2) is 13.3. The number of carbonyl (C=O) groups is 4. The number of rotatable bonds is 9. The van der Waals surface area contributed by atoms with E-state index < -0.39 is 29.6 Å². The van der Waals surface area contributed by atoms with Gasteiger partial charge in [-0.15, -0.1) is 0 Å². The molecule has 0 aromatic heterocycles. The molecule has 4 aromatic rings. The smallest absolute Gasteiger partial charge is 0.343 e. The standard InChI is InChI=1S/C33H25BrFN3O6/c1-2-43-28-19-21(18-27(34)30(28)44-20-29(39)36-23-15-13-22(35)14-16-23)17-26-31(40)37(24-9-5-3-6-10-24)33(42)38(32(26)41)25-11-7-4-8-12-25/h3-19H,2,20H2,1H3,(H,36,39). The highest BCUT2D eigenvalue weighted by atomic mass is 79.9. The Bertz CT molecular complexity index is 1680. The van der Waals surface area contributed by atoms with Crippen LogP contribution in [0, 0.1) is 5.82 Å². The van der Waals surface area contributed by atoms with Crippen molar-refractivity contribution in [2.24, 2.45) is 0 Å². The van der Waals surface area contributed by atoms with Crippen LogP contribution in [0.2, 0.25) is 0 Å². The van der Waals surface area contributed by atoms with Gasteiger partial charge in [-0.25, -0.2) is 19.0 Å². The lowest BCUT2D eigenvalue weighted by atomic mass is 10.0. The Kier molecular flexibility index (Phi) is 9.15. The largest absolute Gasteiger partial charge is 0.490 e. The second-order valence-corrected chi connectivity index (χ2v) is 10.3. The van der Waals surface area contributed by atoms with Gasteiger partial charge in [-0.2, -0.15) is 0 Å². The van der Waals surface area contributed by atoms with E-state index in [9.17, 15) is 23.6 Å². The average Bonchev–Trinajstić information content (AvgIpc) is 3.01. The van der Waals surface area contributed by atoms with Gasteiger partial charge in [-0.3, -0.25) is 14.4 Å². The summed E-state index contributed by atoms with van der Waals surface area (Å²) in [6.07, 6.45) is 1.38. The van der Waals surface area contributed by atoms with Crippen LogP contribution >= 0.6 is 15.9 Å². The van der Waals surface area contributed by atoms with Crippen molar-refractivity contribution < 1.29 is 33.0 Å². The highest BCUT2D eigenvalue weighted by Crippen LogP contribution is 2.38. The van der Waals surface area contributed by atoms with Crippen LogP contribution in [0.5, 0.6) is 11.5 Å². The minimum Gasteiger partial charge on any atom is -0.490 e. The molecule has 1 aliphatic rings.